The molecule has 0 saturated heterocycles. The van der Waals surface area contributed by atoms with E-state index < -0.39 is 0 Å². The van der Waals surface area contributed by atoms with E-state index in [0.717, 1.165) is 28.1 Å². The first-order valence-electron chi connectivity index (χ1n) is 15.9. The molecule has 0 aliphatic carbocycles. The third kappa shape index (κ3) is 62.7. The van der Waals surface area contributed by atoms with Crippen molar-refractivity contribution >= 4 is 229 Å². The van der Waals surface area contributed by atoms with Crippen molar-refractivity contribution in [3.05, 3.63) is 28.6 Å². The number of alkyl halides is 3. The summed E-state index contributed by atoms with van der Waals surface area (Å²) in [5.41, 5.74) is 4.81. The van der Waals surface area contributed by atoms with Gasteiger partial charge in [0.2, 0.25) is 44.9 Å². The molecule has 59 heavy (non-hydrogen) atoms. The molecule has 18 nitrogen and oxygen atoms in total. The van der Waals surface area contributed by atoms with Gasteiger partial charge < -0.3 is 45.3 Å². The molecule has 0 aliphatic heterocycles. The van der Waals surface area contributed by atoms with Gasteiger partial charge in [0.05, 0.1) is 15.8 Å². The van der Waals surface area contributed by atoms with Gasteiger partial charge in [-0.05, 0) is 85.4 Å². The Balaban J connectivity index is -0.0000000751. The van der Waals surface area contributed by atoms with Crippen LogP contribution >= 0.6 is 199 Å². The monoisotopic (exact) mass is 1670 g/mol. The van der Waals surface area contributed by atoms with E-state index in [0.29, 0.717) is 36.5 Å². The molecule has 0 saturated carbocycles. The number of methoxy groups -OCH3 is 1. The van der Waals surface area contributed by atoms with E-state index in [4.69, 9.17) is 57.0 Å². The summed E-state index contributed by atoms with van der Waals surface area (Å²) in [6.07, 6.45) is 0. The van der Waals surface area contributed by atoms with Crippen molar-refractivity contribution in [2.24, 2.45) is 5.73 Å². The van der Waals surface area contributed by atoms with Crippen LogP contribution in [-0.2, 0) is 14.5 Å². The van der Waals surface area contributed by atoms with Gasteiger partial charge in [-0.2, -0.15) is 44.9 Å². The number of ether oxygens (including phenoxy) is 1. The molecule has 0 amide bonds. The van der Waals surface area contributed by atoms with E-state index in [1.807, 2.05) is 41.5 Å². The molecule has 0 atom stereocenters. The summed E-state index contributed by atoms with van der Waals surface area (Å²) in [5, 5.41) is 13.7. The molecule has 0 spiro atoms. The summed E-state index contributed by atoms with van der Waals surface area (Å²) in [7, 11) is 4.85. The molecule has 3 rings (SSSR count). The predicted molar refractivity (Wildman–Crippen MR) is 309 cm³/mol. The number of halogens is 12. The zero-order valence-electron chi connectivity index (χ0n) is 34.9. The third-order valence-corrected chi connectivity index (χ3v) is 4.52. The molecule has 0 fully saturated rings. The van der Waals surface area contributed by atoms with E-state index >= 15 is 0 Å². The van der Waals surface area contributed by atoms with Gasteiger partial charge in [-0.3, -0.25) is 4.84 Å². The molecular formula is C28H60Cl6I6N16O2V-. The van der Waals surface area contributed by atoms with Crippen LogP contribution in [0.15, 0.2) is 0 Å². The van der Waals surface area contributed by atoms with Gasteiger partial charge >= 0.3 is 64.9 Å². The van der Waals surface area contributed by atoms with Gasteiger partial charge in [0, 0.05) is 40.3 Å². The molecule has 3 aromatic rings. The third-order valence-electron chi connectivity index (χ3n) is 3.85. The molecule has 354 valence electrons. The minimum atomic E-state index is -0.278. The van der Waals surface area contributed by atoms with E-state index in [1.54, 1.807) is 21.3 Å². The van der Waals surface area contributed by atoms with E-state index in [-0.39, 0.29) is 64.4 Å². The van der Waals surface area contributed by atoms with Gasteiger partial charge in [0.15, 0.2) is 0 Å². The molecule has 3 aromatic heterocycles. The number of anilines is 5. The number of nitrogens with one attached hydrogen (secondary N) is 4. The van der Waals surface area contributed by atoms with Crippen LogP contribution in [0.1, 0.15) is 55.4 Å². The van der Waals surface area contributed by atoms with Crippen molar-refractivity contribution in [1.82, 2.24) is 51.0 Å². The first-order valence-corrected chi connectivity index (χ1v) is 34.9. The zero-order valence-corrected chi connectivity index (χ0v) is 53.9. The molecule has 0 aromatic carbocycles. The average molecular weight is 1680 g/mol. The molecule has 0 aliphatic rings. The average Bonchev–Trinajstić information content (AvgIpc) is 3.09. The predicted octanol–water partition coefficient (Wildman–Crippen LogP) is 12.3. The van der Waals surface area contributed by atoms with Crippen molar-refractivity contribution in [1.29, 1.82) is 0 Å². The van der Waals surface area contributed by atoms with Crippen LogP contribution in [-0.4, -0.2) is 105 Å². The van der Waals surface area contributed by atoms with Crippen LogP contribution in [0, 0.1) is 7.43 Å². The van der Waals surface area contributed by atoms with Gasteiger partial charge in [0.25, 0.3) is 5.95 Å². The van der Waals surface area contributed by atoms with Gasteiger partial charge in [-0.25, -0.2) is 5.06 Å². The van der Waals surface area contributed by atoms with E-state index in [1.165, 1.54) is 9.49 Å². The summed E-state index contributed by atoms with van der Waals surface area (Å²) in [5.74, 6) is 2.53. The van der Waals surface area contributed by atoms with Crippen molar-refractivity contribution in [2.45, 2.75) is 57.3 Å². The number of hydrogen-bond donors (Lipinski definition) is 6. The molecule has 0 unspecified atom stereocenters. The number of nitrogens with two attached hydrogens (primary N) is 1. The van der Waals surface area contributed by atoms with E-state index in [2.05, 4.69) is 212 Å². The Labute approximate surface area is 463 Å². The normalized spacial score (nSPS) is 8.47. The number of hydrogen-bond acceptors (Lipinski definition) is 18. The Morgan fingerprint density at radius 2 is 0.847 bits per heavy atom. The second-order valence-corrected chi connectivity index (χ2v) is 52.3. The molecule has 3 heterocycles. The zero-order chi connectivity index (χ0) is 43.8. The molecule has 0 bridgehead atoms. The maximum atomic E-state index is 5.68. The summed E-state index contributed by atoms with van der Waals surface area (Å²) >= 11 is 36.0. The topological polar surface area (TPSA) is 247 Å². The Hall–Kier alpha value is 2.57. The van der Waals surface area contributed by atoms with E-state index in [9.17, 15) is 0 Å². The Bertz CT molecular complexity index is 1200. The van der Waals surface area contributed by atoms with Crippen LogP contribution in [0.4, 0.5) is 29.7 Å². The SMILES string of the molecule is CC.CC(I)I.CCI.CCNc1nc(Cl)nc(NCC)n1.CCNc1nc(NCC)nc(N(C)OC)n1.COCN.Cl.Cl.Clc1nc(Cl)nc(Cl)n1.N.[CH3-].[I][V]([I])[I]. The summed E-state index contributed by atoms with van der Waals surface area (Å²) in [6.45, 7) is 19.5. The van der Waals surface area contributed by atoms with Crippen molar-refractivity contribution in [3.63, 3.8) is 0 Å². The second kappa shape index (κ2) is 60.6. The molecular weight excluding hydrogens is 1620 g/mol. The standard InChI is InChI=1S/C9H18N6O.C7H12ClN5.C3Cl3N3.C2H4I2.C2H5I.C2H7NO.C2H6.CH3.2ClH.3HI.H3N.V/c1-5-10-7-12-8(11-6-2)14-9(13-7)15(3)16-4;1-3-9-6-11-5(8)12-7(13-6)10-4-2;4-1-7-2(5)9-3(6)8-1;1-2(3)4;1-2-3;1-4-2-3;1-2;;;;;;;;/h5-6H2,1-4H3,(H2,10,11,12,13,14);3-4H2,1-2H3,(H2,9,10,11,12,13);;2H,1H3;2H2,1H3;2-3H2,1H3;1-2H3;1H3;5*1H;1H3;/q;;;;;;;-1;;;;;;;+3/p-3. The Morgan fingerprint density at radius 1 is 0.644 bits per heavy atom. The van der Waals surface area contributed by atoms with Gasteiger partial charge in [0.1, 0.15) is 0 Å². The fourth-order valence-electron chi connectivity index (χ4n) is 2.19. The van der Waals surface area contributed by atoms with Crippen LogP contribution in [0.2, 0.25) is 21.1 Å². The Kier molecular flexibility index (Phi) is 83.9. The number of aromatic nitrogens is 9. The molecule has 31 heteroatoms. The van der Waals surface area contributed by atoms with Crippen LogP contribution in [0.5, 0.6) is 0 Å². The van der Waals surface area contributed by atoms with Crippen LogP contribution in [0.25, 0.3) is 0 Å². The van der Waals surface area contributed by atoms with Crippen molar-refractivity contribution in [2.75, 3.05) is 84.9 Å². The number of nitrogens with zero attached hydrogens (tertiary/aromatic N) is 10. The summed E-state index contributed by atoms with van der Waals surface area (Å²) in [4.78, 5) is 39.6. The second-order valence-electron chi connectivity index (χ2n) is 7.91. The number of rotatable bonds is 11. The minimum absolute atomic E-state index is 0. The van der Waals surface area contributed by atoms with Crippen LogP contribution in [0.3, 0.4) is 0 Å². The summed E-state index contributed by atoms with van der Waals surface area (Å²) < 4.78 is 6.31. The first-order chi connectivity index (χ1) is 25.9. The van der Waals surface area contributed by atoms with Gasteiger partial charge in [-0.1, -0.05) is 88.5 Å². The number of hydroxylamine groups is 1. The van der Waals surface area contributed by atoms with Crippen LogP contribution < -0.4 is 38.2 Å². The Morgan fingerprint density at radius 3 is 1.03 bits per heavy atom. The van der Waals surface area contributed by atoms with Crippen molar-refractivity contribution in [3.8, 4) is 0 Å². The molecule has 9 N–H and O–H groups in total. The van der Waals surface area contributed by atoms with Gasteiger partial charge in [-0.15, -0.1) is 24.8 Å². The quantitative estimate of drug-likeness (QED) is 0.0343. The first kappa shape index (κ1) is 81.7. The fraction of sp³-hybridized carbons (Fsp3) is 0.643. The summed E-state index contributed by atoms with van der Waals surface area (Å²) in [6, 6.07) is 0. The molecule has 0 radical (unpaired) electrons. The van der Waals surface area contributed by atoms with Crippen molar-refractivity contribution < 1.29 is 14.5 Å². The maximum absolute atomic E-state index is 5.68. The fourth-order valence-corrected chi connectivity index (χ4v) is 2.96.